The van der Waals surface area contributed by atoms with Crippen LogP contribution in [-0.2, 0) is 9.47 Å². The maximum atomic E-state index is 5.28. The highest BCUT2D eigenvalue weighted by molar-refractivity contribution is 5.45. The zero-order valence-corrected chi connectivity index (χ0v) is 9.27. The largest absolute Gasteiger partial charge is 0.382 e. The number of aromatic nitrogens is 2. The summed E-state index contributed by atoms with van der Waals surface area (Å²) < 4.78 is 10.1. The number of methoxy groups -OCH3 is 1. The Hall–Kier alpha value is -1.44. The summed E-state index contributed by atoms with van der Waals surface area (Å²) in [6, 6.07) is 1.72. The maximum Gasteiger partial charge on any atom is 0.145 e. The van der Waals surface area contributed by atoms with Crippen LogP contribution < -0.4 is 16.6 Å². The second kappa shape index (κ2) is 7.80. The van der Waals surface area contributed by atoms with Crippen molar-refractivity contribution in [2.24, 2.45) is 5.84 Å². The first-order valence-electron chi connectivity index (χ1n) is 4.96. The van der Waals surface area contributed by atoms with E-state index in [1.54, 1.807) is 13.2 Å². The van der Waals surface area contributed by atoms with E-state index in [0.29, 0.717) is 38.0 Å². The van der Waals surface area contributed by atoms with E-state index in [9.17, 15) is 0 Å². The van der Waals surface area contributed by atoms with Crippen molar-refractivity contribution in [3.05, 3.63) is 12.4 Å². The molecule has 0 saturated heterocycles. The Balaban J connectivity index is 2.16. The lowest BCUT2D eigenvalue weighted by Gasteiger charge is -2.07. The van der Waals surface area contributed by atoms with Crippen LogP contribution in [0, 0.1) is 0 Å². The van der Waals surface area contributed by atoms with E-state index in [0.717, 1.165) is 0 Å². The van der Waals surface area contributed by atoms with Gasteiger partial charge in [-0.1, -0.05) is 0 Å². The molecular weight excluding hydrogens is 210 g/mol. The van der Waals surface area contributed by atoms with Crippen LogP contribution in [0.3, 0.4) is 0 Å². The first-order valence-corrected chi connectivity index (χ1v) is 4.96. The molecule has 90 valence electrons. The average Bonchev–Trinajstić information content (AvgIpc) is 2.34. The fraction of sp³-hybridized carbons (Fsp3) is 0.556. The van der Waals surface area contributed by atoms with Crippen molar-refractivity contribution in [2.45, 2.75) is 0 Å². The van der Waals surface area contributed by atoms with Gasteiger partial charge in [0.05, 0.1) is 19.8 Å². The van der Waals surface area contributed by atoms with Crippen LogP contribution >= 0.6 is 0 Å². The number of nitrogens with one attached hydrogen (secondary N) is 2. The Bertz CT molecular complexity index is 297. The fourth-order valence-corrected chi connectivity index (χ4v) is 1.03. The fourth-order valence-electron chi connectivity index (χ4n) is 1.03. The molecule has 0 aromatic carbocycles. The predicted molar refractivity (Wildman–Crippen MR) is 61.0 cm³/mol. The van der Waals surface area contributed by atoms with Crippen LogP contribution in [0.1, 0.15) is 0 Å². The van der Waals surface area contributed by atoms with Gasteiger partial charge in [0.2, 0.25) is 0 Å². The topological polar surface area (TPSA) is 94.3 Å². The molecule has 0 radical (unpaired) electrons. The first-order chi connectivity index (χ1) is 7.86. The molecule has 0 aliphatic heterocycles. The molecule has 0 atom stereocenters. The Labute approximate surface area is 94.3 Å². The smallest absolute Gasteiger partial charge is 0.145 e. The quantitative estimate of drug-likeness (QED) is 0.322. The lowest BCUT2D eigenvalue weighted by Crippen LogP contribution is -2.14. The third-order valence-corrected chi connectivity index (χ3v) is 1.80. The summed E-state index contributed by atoms with van der Waals surface area (Å²) in [7, 11) is 1.64. The van der Waals surface area contributed by atoms with Gasteiger partial charge >= 0.3 is 0 Å². The third-order valence-electron chi connectivity index (χ3n) is 1.80. The highest BCUT2D eigenvalue weighted by Gasteiger charge is 1.96. The third kappa shape index (κ3) is 4.87. The number of nitrogens with two attached hydrogens (primary N) is 1. The van der Waals surface area contributed by atoms with Gasteiger partial charge in [-0.05, 0) is 0 Å². The predicted octanol–water partition coefficient (Wildman–Crippen LogP) is -0.163. The number of ether oxygens (including phenoxy) is 2. The van der Waals surface area contributed by atoms with Gasteiger partial charge in [-0.15, -0.1) is 0 Å². The van der Waals surface area contributed by atoms with Gasteiger partial charge in [-0.2, -0.15) is 0 Å². The molecule has 1 aromatic heterocycles. The number of anilines is 2. The normalized spacial score (nSPS) is 10.1. The molecule has 1 aromatic rings. The Kier molecular flexibility index (Phi) is 6.16. The lowest BCUT2D eigenvalue weighted by atomic mass is 10.5. The molecule has 0 amide bonds. The minimum absolute atomic E-state index is 0.567. The number of nitrogens with zero attached hydrogens (tertiary/aromatic N) is 2. The molecule has 16 heavy (non-hydrogen) atoms. The highest BCUT2D eigenvalue weighted by atomic mass is 16.5. The molecule has 0 aliphatic carbocycles. The Morgan fingerprint density at radius 3 is 2.81 bits per heavy atom. The summed E-state index contributed by atoms with van der Waals surface area (Å²) in [6.45, 7) is 2.47. The van der Waals surface area contributed by atoms with E-state index in [-0.39, 0.29) is 0 Å². The molecule has 7 heteroatoms. The summed E-state index contributed by atoms with van der Waals surface area (Å²) >= 11 is 0. The van der Waals surface area contributed by atoms with E-state index < -0.39 is 0 Å². The molecule has 1 heterocycles. The minimum Gasteiger partial charge on any atom is -0.382 e. The Morgan fingerprint density at radius 1 is 1.25 bits per heavy atom. The standard InChI is InChI=1S/C9H17N5O2/c1-15-4-5-16-3-2-11-8-6-9(14-10)13-7-12-8/h6-7H,2-5,10H2,1H3,(H2,11,12,13,14). The van der Waals surface area contributed by atoms with Crippen LogP contribution in [-0.4, -0.2) is 43.4 Å². The van der Waals surface area contributed by atoms with Crippen LogP contribution in [0.4, 0.5) is 11.6 Å². The molecule has 1 rings (SSSR count). The molecule has 7 nitrogen and oxygen atoms in total. The van der Waals surface area contributed by atoms with Gasteiger partial charge in [0.1, 0.15) is 18.0 Å². The second-order valence-electron chi connectivity index (χ2n) is 2.96. The van der Waals surface area contributed by atoms with Gasteiger partial charge in [0.15, 0.2) is 0 Å². The monoisotopic (exact) mass is 227 g/mol. The van der Waals surface area contributed by atoms with Crippen molar-refractivity contribution in [1.82, 2.24) is 9.97 Å². The van der Waals surface area contributed by atoms with Gasteiger partial charge < -0.3 is 20.2 Å². The van der Waals surface area contributed by atoms with E-state index in [2.05, 4.69) is 20.7 Å². The molecule has 0 fully saturated rings. The molecule has 0 saturated carbocycles. The summed E-state index contributed by atoms with van der Waals surface area (Å²) in [4.78, 5) is 7.91. The first kappa shape index (κ1) is 12.6. The van der Waals surface area contributed by atoms with Crippen molar-refractivity contribution in [3.8, 4) is 0 Å². The highest BCUT2D eigenvalue weighted by Crippen LogP contribution is 2.05. The van der Waals surface area contributed by atoms with Crippen LogP contribution in [0.5, 0.6) is 0 Å². The van der Waals surface area contributed by atoms with Crippen molar-refractivity contribution in [3.63, 3.8) is 0 Å². The van der Waals surface area contributed by atoms with E-state index in [4.69, 9.17) is 15.3 Å². The number of nitrogen functional groups attached to an aromatic ring is 1. The number of hydrazine groups is 1. The van der Waals surface area contributed by atoms with Gasteiger partial charge in [0, 0.05) is 19.7 Å². The van der Waals surface area contributed by atoms with Crippen LogP contribution in [0.2, 0.25) is 0 Å². The minimum atomic E-state index is 0.567. The summed E-state index contributed by atoms with van der Waals surface area (Å²) in [5.41, 5.74) is 2.45. The number of hydrogen-bond acceptors (Lipinski definition) is 7. The Morgan fingerprint density at radius 2 is 2.06 bits per heavy atom. The van der Waals surface area contributed by atoms with Crippen LogP contribution in [0.15, 0.2) is 12.4 Å². The molecule has 0 bridgehead atoms. The van der Waals surface area contributed by atoms with E-state index in [1.165, 1.54) is 6.33 Å². The summed E-state index contributed by atoms with van der Waals surface area (Å²) in [5.74, 6) is 6.50. The van der Waals surface area contributed by atoms with Crippen molar-refractivity contribution in [2.75, 3.05) is 44.2 Å². The number of hydrogen-bond donors (Lipinski definition) is 3. The SMILES string of the molecule is COCCOCCNc1cc(NN)ncn1. The number of rotatable bonds is 8. The van der Waals surface area contributed by atoms with E-state index in [1.807, 2.05) is 0 Å². The molecule has 4 N–H and O–H groups in total. The van der Waals surface area contributed by atoms with Crippen molar-refractivity contribution < 1.29 is 9.47 Å². The molecule has 0 aliphatic rings. The van der Waals surface area contributed by atoms with Gasteiger partial charge in [-0.25, -0.2) is 15.8 Å². The maximum absolute atomic E-state index is 5.28. The molecule has 0 spiro atoms. The molecular formula is C9H17N5O2. The van der Waals surface area contributed by atoms with Crippen molar-refractivity contribution >= 4 is 11.6 Å². The van der Waals surface area contributed by atoms with Crippen molar-refractivity contribution in [1.29, 1.82) is 0 Å². The van der Waals surface area contributed by atoms with E-state index >= 15 is 0 Å². The summed E-state index contributed by atoms with van der Waals surface area (Å²) in [5, 5.41) is 3.08. The van der Waals surface area contributed by atoms with Gasteiger partial charge in [0.25, 0.3) is 0 Å². The second-order valence-corrected chi connectivity index (χ2v) is 2.96. The summed E-state index contributed by atoms with van der Waals surface area (Å²) in [6.07, 6.45) is 1.43. The average molecular weight is 227 g/mol. The molecule has 0 unspecified atom stereocenters. The zero-order valence-electron chi connectivity index (χ0n) is 9.27. The lowest BCUT2D eigenvalue weighted by molar-refractivity contribution is 0.0759. The zero-order chi connectivity index (χ0) is 11.6. The van der Waals surface area contributed by atoms with Crippen LogP contribution in [0.25, 0.3) is 0 Å². The van der Waals surface area contributed by atoms with Gasteiger partial charge in [-0.3, -0.25) is 0 Å².